The third-order valence-corrected chi connectivity index (χ3v) is 7.99. The molecule has 4 heteroatoms. The molecule has 0 aliphatic rings. The Kier molecular flexibility index (Phi) is 5.22. The zero-order valence-corrected chi connectivity index (χ0v) is 22.4. The molecule has 2 aromatic heterocycles. The van der Waals surface area contributed by atoms with Crippen LogP contribution in [0.1, 0.15) is 0 Å². The van der Waals surface area contributed by atoms with E-state index in [-0.39, 0.29) is 0 Å². The van der Waals surface area contributed by atoms with Crippen LogP contribution in [0.2, 0.25) is 0 Å². The van der Waals surface area contributed by atoms with Gasteiger partial charge in [0.25, 0.3) is 0 Å². The highest BCUT2D eigenvalue weighted by Crippen LogP contribution is 2.41. The van der Waals surface area contributed by atoms with Gasteiger partial charge in [-0.3, -0.25) is 0 Å². The summed E-state index contributed by atoms with van der Waals surface area (Å²) in [6, 6.07) is 42.9. The zero-order valence-electron chi connectivity index (χ0n) is 22.4. The fourth-order valence-corrected chi connectivity index (χ4v) is 6.09. The lowest BCUT2D eigenvalue weighted by Crippen LogP contribution is -1.94. The van der Waals surface area contributed by atoms with Crippen LogP contribution in [-0.4, -0.2) is 4.57 Å². The maximum Gasteiger partial charge on any atom is 0.189 e. The van der Waals surface area contributed by atoms with Crippen molar-refractivity contribution in [1.82, 2.24) is 4.57 Å². The number of hydrogen-bond acceptors (Lipinski definition) is 1. The Morgan fingerprint density at radius 1 is 0.500 bits per heavy atom. The molecular weight excluding hydrogens is 514 g/mol. The van der Waals surface area contributed by atoms with E-state index in [4.69, 9.17) is 17.6 Å². The number of hydrogen-bond donors (Lipinski definition) is 0. The summed E-state index contributed by atoms with van der Waals surface area (Å²) in [6.07, 6.45) is 0. The molecule has 0 fully saturated rings. The van der Waals surface area contributed by atoms with Gasteiger partial charge in [-0.25, -0.2) is 9.69 Å². The molecule has 4 nitrogen and oxygen atoms in total. The molecule has 8 rings (SSSR count). The molecule has 0 saturated carbocycles. The Labute approximate surface area is 241 Å². The predicted octanol–water partition coefficient (Wildman–Crippen LogP) is 11.1. The minimum absolute atomic E-state index is 0.547. The number of para-hydroxylation sites is 2. The van der Waals surface area contributed by atoms with Crippen LogP contribution in [0.3, 0.4) is 0 Å². The molecule has 0 saturated heterocycles. The van der Waals surface area contributed by atoms with Gasteiger partial charge in [-0.15, -0.1) is 0 Å². The van der Waals surface area contributed by atoms with E-state index in [1.54, 1.807) is 0 Å². The summed E-state index contributed by atoms with van der Waals surface area (Å²) in [4.78, 5) is 7.50. The first kappa shape index (κ1) is 23.8. The lowest BCUT2D eigenvalue weighted by Gasteiger charge is -2.12. The molecule has 0 bridgehead atoms. The van der Waals surface area contributed by atoms with Crippen molar-refractivity contribution in [2.75, 3.05) is 0 Å². The van der Waals surface area contributed by atoms with Crippen molar-refractivity contribution in [3.05, 3.63) is 150 Å². The molecule has 0 N–H and O–H groups in total. The average molecular weight is 536 g/mol. The maximum atomic E-state index is 7.92. The van der Waals surface area contributed by atoms with Crippen LogP contribution in [0.5, 0.6) is 0 Å². The number of benzene rings is 6. The van der Waals surface area contributed by atoms with Crippen LogP contribution in [0.4, 0.5) is 11.4 Å². The second-order valence-electron chi connectivity index (χ2n) is 10.4. The van der Waals surface area contributed by atoms with Gasteiger partial charge in [-0.2, -0.15) is 0 Å². The first-order chi connectivity index (χ1) is 20.7. The van der Waals surface area contributed by atoms with Gasteiger partial charge in [0, 0.05) is 27.4 Å². The van der Waals surface area contributed by atoms with Crippen molar-refractivity contribution in [3.63, 3.8) is 0 Å². The van der Waals surface area contributed by atoms with Gasteiger partial charge in [0.05, 0.1) is 24.2 Å². The number of nitrogens with zero attached hydrogens (tertiary/aromatic N) is 3. The molecule has 0 amide bonds. The SMILES string of the molecule is [C-]#[N+]c1cc(-c2cccc3c2oc2ccc(-c4ccccc4)cc23)cc(-n2c3ccccc3c3cc([N+]#[C-])ccc32)c1. The monoisotopic (exact) mass is 535 g/mol. The van der Waals surface area contributed by atoms with Gasteiger partial charge in [-0.05, 0) is 70.6 Å². The molecule has 0 spiro atoms. The molecule has 0 atom stereocenters. The Balaban J connectivity index is 1.36. The third-order valence-electron chi connectivity index (χ3n) is 7.99. The Morgan fingerprint density at radius 3 is 2.14 bits per heavy atom. The van der Waals surface area contributed by atoms with Crippen molar-refractivity contribution in [2.24, 2.45) is 0 Å². The average Bonchev–Trinajstić information content (AvgIpc) is 3.60. The van der Waals surface area contributed by atoms with Gasteiger partial charge in [0.15, 0.2) is 11.4 Å². The van der Waals surface area contributed by atoms with Crippen LogP contribution in [0, 0.1) is 13.1 Å². The third kappa shape index (κ3) is 3.60. The highest BCUT2D eigenvalue weighted by atomic mass is 16.3. The quantitative estimate of drug-likeness (QED) is 0.207. The van der Waals surface area contributed by atoms with Gasteiger partial charge in [0.2, 0.25) is 0 Å². The van der Waals surface area contributed by atoms with Crippen molar-refractivity contribution in [1.29, 1.82) is 0 Å². The fourth-order valence-electron chi connectivity index (χ4n) is 6.09. The summed E-state index contributed by atoms with van der Waals surface area (Å²) < 4.78 is 8.67. The summed E-state index contributed by atoms with van der Waals surface area (Å²) in [5.41, 5.74) is 9.84. The van der Waals surface area contributed by atoms with E-state index < -0.39 is 0 Å². The van der Waals surface area contributed by atoms with E-state index in [0.717, 1.165) is 71.7 Å². The zero-order chi connectivity index (χ0) is 28.2. The number of furan rings is 1. The van der Waals surface area contributed by atoms with Crippen molar-refractivity contribution < 1.29 is 4.42 Å². The largest absolute Gasteiger partial charge is 0.455 e. The second kappa shape index (κ2) is 9.24. The first-order valence-electron chi connectivity index (χ1n) is 13.7. The van der Waals surface area contributed by atoms with E-state index in [2.05, 4.69) is 74.9 Å². The van der Waals surface area contributed by atoms with Gasteiger partial charge < -0.3 is 8.98 Å². The summed E-state index contributed by atoms with van der Waals surface area (Å²) in [6.45, 7) is 15.4. The van der Waals surface area contributed by atoms with Crippen LogP contribution in [-0.2, 0) is 0 Å². The fraction of sp³-hybridized carbons (Fsp3) is 0. The first-order valence-corrected chi connectivity index (χ1v) is 13.7. The Morgan fingerprint density at radius 2 is 1.29 bits per heavy atom. The minimum Gasteiger partial charge on any atom is -0.455 e. The second-order valence-corrected chi connectivity index (χ2v) is 10.4. The number of rotatable bonds is 3. The molecule has 0 aliphatic carbocycles. The molecule has 0 aliphatic heterocycles. The summed E-state index contributed by atoms with van der Waals surface area (Å²) in [5.74, 6) is 0. The summed E-state index contributed by atoms with van der Waals surface area (Å²) >= 11 is 0. The highest BCUT2D eigenvalue weighted by molar-refractivity contribution is 6.12. The summed E-state index contributed by atoms with van der Waals surface area (Å²) in [7, 11) is 0. The highest BCUT2D eigenvalue weighted by Gasteiger charge is 2.17. The number of aromatic nitrogens is 1. The van der Waals surface area contributed by atoms with Crippen molar-refractivity contribution in [2.45, 2.75) is 0 Å². The molecule has 8 aromatic rings. The van der Waals surface area contributed by atoms with Crippen LogP contribution in [0.15, 0.2) is 132 Å². The molecule has 0 unspecified atom stereocenters. The molecular formula is C38H21N3O. The molecule has 2 heterocycles. The Bertz CT molecular complexity index is 2430. The number of fused-ring (bicyclic) bond motifs is 6. The maximum absolute atomic E-state index is 7.92. The lowest BCUT2D eigenvalue weighted by molar-refractivity contribution is 0.670. The van der Waals surface area contributed by atoms with Gasteiger partial charge in [0.1, 0.15) is 11.2 Å². The molecule has 42 heavy (non-hydrogen) atoms. The van der Waals surface area contributed by atoms with Crippen molar-refractivity contribution in [3.8, 4) is 27.9 Å². The summed E-state index contributed by atoms with van der Waals surface area (Å²) in [5, 5.41) is 4.19. The minimum atomic E-state index is 0.547. The lowest BCUT2D eigenvalue weighted by atomic mass is 9.99. The van der Waals surface area contributed by atoms with E-state index in [1.807, 2.05) is 66.7 Å². The van der Waals surface area contributed by atoms with Gasteiger partial charge >= 0.3 is 0 Å². The van der Waals surface area contributed by atoms with Crippen molar-refractivity contribution >= 4 is 55.1 Å². The van der Waals surface area contributed by atoms with E-state index in [9.17, 15) is 0 Å². The van der Waals surface area contributed by atoms with E-state index in [1.165, 1.54) is 0 Å². The van der Waals surface area contributed by atoms with Crippen LogP contribution in [0.25, 0.3) is 81.4 Å². The smallest absolute Gasteiger partial charge is 0.189 e. The topological polar surface area (TPSA) is 26.8 Å². The van der Waals surface area contributed by atoms with Gasteiger partial charge in [-0.1, -0.05) is 78.9 Å². The molecule has 6 aromatic carbocycles. The molecule has 0 radical (unpaired) electrons. The Hall–Kier alpha value is -6.10. The standard InChI is InChI=1S/C38H21N3O/c1-39-27-16-17-36-33(23-27)31-11-6-7-14-35(31)41(36)29-20-26(19-28(22-29)40-2)30-12-8-13-32-34-21-25(24-9-4-3-5-10-24)15-18-37(34)42-38(30)32/h3-23H. The molecule has 194 valence electrons. The van der Waals surface area contributed by atoms with Crippen LogP contribution >= 0.6 is 0 Å². The predicted molar refractivity (Wildman–Crippen MR) is 171 cm³/mol. The normalized spacial score (nSPS) is 11.3. The van der Waals surface area contributed by atoms with E-state index in [0.29, 0.717) is 11.4 Å². The van der Waals surface area contributed by atoms with E-state index >= 15 is 0 Å². The van der Waals surface area contributed by atoms with Crippen LogP contribution < -0.4 is 0 Å².